The molecule has 0 unspecified atom stereocenters. The van der Waals surface area contributed by atoms with E-state index in [9.17, 15) is 14.9 Å². The summed E-state index contributed by atoms with van der Waals surface area (Å²) in [5.41, 5.74) is 2.20. The first-order valence-electron chi connectivity index (χ1n) is 10.4. The van der Waals surface area contributed by atoms with E-state index >= 15 is 0 Å². The molecule has 0 spiro atoms. The second-order valence-electron chi connectivity index (χ2n) is 7.94. The van der Waals surface area contributed by atoms with Gasteiger partial charge in [-0.2, -0.15) is 5.26 Å². The van der Waals surface area contributed by atoms with E-state index in [4.69, 9.17) is 4.74 Å². The molecule has 0 bridgehead atoms. The lowest BCUT2D eigenvalue weighted by Gasteiger charge is -2.14. The highest BCUT2D eigenvalue weighted by molar-refractivity contribution is 5.79. The number of imidazole rings is 2. The van der Waals surface area contributed by atoms with Crippen molar-refractivity contribution in [1.29, 1.82) is 5.26 Å². The number of anilines is 2. The first kappa shape index (κ1) is 20.5. The summed E-state index contributed by atoms with van der Waals surface area (Å²) >= 11 is 0. The number of nitrogens with one attached hydrogen (secondary N) is 2. The average Bonchev–Trinajstić information content (AvgIpc) is 3.50. The van der Waals surface area contributed by atoms with Gasteiger partial charge in [0, 0.05) is 25.2 Å². The SMILES string of the molecule is COC(=O)N[C@@H]1CC[C@@H](n2c(=O)n(C)c3cnc(Nc4ccc5ncc(C#N)n5n4)cc32)C1. The summed E-state index contributed by atoms with van der Waals surface area (Å²) in [4.78, 5) is 33.2. The summed E-state index contributed by atoms with van der Waals surface area (Å²) in [5.74, 6) is 0.992. The molecule has 4 heterocycles. The van der Waals surface area contributed by atoms with Crippen molar-refractivity contribution in [3.05, 3.63) is 46.8 Å². The predicted octanol–water partition coefficient (Wildman–Crippen LogP) is 1.84. The molecule has 1 amide bonds. The van der Waals surface area contributed by atoms with Crippen LogP contribution in [0.2, 0.25) is 0 Å². The lowest BCUT2D eigenvalue weighted by molar-refractivity contribution is 0.166. The molecule has 1 aliphatic rings. The van der Waals surface area contributed by atoms with Crippen molar-refractivity contribution in [2.24, 2.45) is 7.05 Å². The predicted molar refractivity (Wildman–Crippen MR) is 118 cm³/mol. The van der Waals surface area contributed by atoms with Crippen LogP contribution >= 0.6 is 0 Å². The number of pyridine rings is 1. The molecule has 0 aliphatic heterocycles. The number of nitrogens with zero attached hydrogens (tertiary/aromatic N) is 7. The van der Waals surface area contributed by atoms with Crippen LogP contribution in [0.1, 0.15) is 31.0 Å². The summed E-state index contributed by atoms with van der Waals surface area (Å²) < 4.78 is 9.48. The fourth-order valence-electron chi connectivity index (χ4n) is 4.37. The van der Waals surface area contributed by atoms with E-state index in [0.29, 0.717) is 34.9 Å². The number of hydrogen-bond donors (Lipinski definition) is 2. The number of aryl methyl sites for hydroxylation is 1. The van der Waals surface area contributed by atoms with Crippen LogP contribution in [-0.2, 0) is 11.8 Å². The fourth-order valence-corrected chi connectivity index (χ4v) is 4.37. The molecular formula is C21H21N9O3. The molecule has 1 fully saturated rings. The van der Waals surface area contributed by atoms with Crippen molar-refractivity contribution in [2.45, 2.75) is 31.3 Å². The molecule has 1 saturated carbocycles. The van der Waals surface area contributed by atoms with Gasteiger partial charge >= 0.3 is 11.8 Å². The summed E-state index contributed by atoms with van der Waals surface area (Å²) in [6.07, 6.45) is 4.79. The van der Waals surface area contributed by atoms with Crippen LogP contribution in [0.15, 0.2) is 35.4 Å². The molecule has 0 radical (unpaired) electrons. The van der Waals surface area contributed by atoms with Crippen molar-refractivity contribution in [1.82, 2.24) is 34.0 Å². The molecule has 12 nitrogen and oxygen atoms in total. The van der Waals surface area contributed by atoms with Gasteiger partial charge in [0.25, 0.3) is 0 Å². The molecule has 168 valence electrons. The fraction of sp³-hybridized carbons (Fsp3) is 0.333. The smallest absolute Gasteiger partial charge is 0.407 e. The number of rotatable bonds is 4. The highest BCUT2D eigenvalue weighted by atomic mass is 16.5. The highest BCUT2D eigenvalue weighted by Gasteiger charge is 2.30. The van der Waals surface area contributed by atoms with Crippen LogP contribution < -0.4 is 16.3 Å². The quantitative estimate of drug-likeness (QED) is 0.482. The molecule has 0 aromatic carbocycles. The maximum atomic E-state index is 13.0. The Morgan fingerprint density at radius 2 is 2.06 bits per heavy atom. The van der Waals surface area contributed by atoms with Crippen molar-refractivity contribution >= 4 is 34.4 Å². The molecule has 2 N–H and O–H groups in total. The second-order valence-corrected chi connectivity index (χ2v) is 7.94. The third-order valence-electron chi connectivity index (χ3n) is 5.99. The Bertz CT molecular complexity index is 1480. The molecule has 33 heavy (non-hydrogen) atoms. The van der Waals surface area contributed by atoms with Gasteiger partial charge in [-0.05, 0) is 31.4 Å². The topological polar surface area (TPSA) is 144 Å². The van der Waals surface area contributed by atoms with Gasteiger partial charge in [-0.15, -0.1) is 5.10 Å². The second kappa shape index (κ2) is 7.94. The summed E-state index contributed by atoms with van der Waals surface area (Å²) in [7, 11) is 3.05. The molecule has 5 rings (SSSR count). The number of amides is 1. The van der Waals surface area contributed by atoms with Crippen molar-refractivity contribution in [2.75, 3.05) is 12.4 Å². The number of ether oxygens (including phenoxy) is 1. The molecule has 4 aromatic heterocycles. The Morgan fingerprint density at radius 3 is 2.85 bits per heavy atom. The zero-order valence-electron chi connectivity index (χ0n) is 18.0. The Kier molecular flexibility index (Phi) is 4.93. The number of aromatic nitrogens is 6. The number of carbonyl (C=O) groups excluding carboxylic acids is 1. The van der Waals surface area contributed by atoms with Crippen LogP contribution in [0, 0.1) is 11.3 Å². The van der Waals surface area contributed by atoms with Crippen LogP contribution in [0.4, 0.5) is 16.4 Å². The van der Waals surface area contributed by atoms with Gasteiger partial charge in [0.05, 0.1) is 30.5 Å². The van der Waals surface area contributed by atoms with Gasteiger partial charge in [0.1, 0.15) is 11.9 Å². The van der Waals surface area contributed by atoms with Crippen LogP contribution in [0.5, 0.6) is 0 Å². The number of hydrogen-bond acceptors (Lipinski definition) is 8. The summed E-state index contributed by atoms with van der Waals surface area (Å²) in [6.45, 7) is 0. The lowest BCUT2D eigenvalue weighted by atomic mass is 10.2. The third kappa shape index (κ3) is 3.53. The first-order chi connectivity index (χ1) is 16.0. The van der Waals surface area contributed by atoms with E-state index in [1.807, 2.05) is 6.07 Å². The van der Waals surface area contributed by atoms with Gasteiger partial charge in [0.2, 0.25) is 0 Å². The molecule has 0 saturated heterocycles. The molecular weight excluding hydrogens is 426 g/mol. The first-order valence-corrected chi connectivity index (χ1v) is 10.4. The molecule has 2 atom stereocenters. The average molecular weight is 447 g/mol. The van der Waals surface area contributed by atoms with Crippen molar-refractivity contribution < 1.29 is 9.53 Å². The van der Waals surface area contributed by atoms with Crippen LogP contribution in [0.3, 0.4) is 0 Å². The largest absolute Gasteiger partial charge is 0.453 e. The molecule has 12 heteroatoms. The van der Waals surface area contributed by atoms with Crippen molar-refractivity contribution in [3.8, 4) is 6.07 Å². The zero-order chi connectivity index (χ0) is 23.1. The molecule has 1 aliphatic carbocycles. The Morgan fingerprint density at radius 1 is 1.21 bits per heavy atom. The Labute approximate surface area is 187 Å². The third-order valence-corrected chi connectivity index (χ3v) is 5.99. The minimum atomic E-state index is -0.469. The molecule has 4 aromatic rings. The van der Waals surface area contributed by atoms with E-state index in [-0.39, 0.29) is 17.8 Å². The minimum Gasteiger partial charge on any atom is -0.453 e. The van der Waals surface area contributed by atoms with Crippen molar-refractivity contribution in [3.63, 3.8) is 0 Å². The normalized spacial score (nSPS) is 17.8. The minimum absolute atomic E-state index is 0.0514. The number of carbonyl (C=O) groups is 1. The van der Waals surface area contributed by atoms with Crippen LogP contribution in [0.25, 0.3) is 16.7 Å². The van der Waals surface area contributed by atoms with E-state index in [1.54, 1.807) is 34.5 Å². The number of methoxy groups -OCH3 is 1. The lowest BCUT2D eigenvalue weighted by Crippen LogP contribution is -2.33. The van der Waals surface area contributed by atoms with E-state index in [1.165, 1.54) is 17.8 Å². The Hall–Kier alpha value is -4.40. The monoisotopic (exact) mass is 447 g/mol. The zero-order valence-corrected chi connectivity index (χ0v) is 18.0. The number of alkyl carbamates (subject to hydrolysis) is 1. The maximum absolute atomic E-state index is 13.0. The maximum Gasteiger partial charge on any atom is 0.407 e. The highest BCUT2D eigenvalue weighted by Crippen LogP contribution is 2.32. The van der Waals surface area contributed by atoms with Gasteiger partial charge in [0.15, 0.2) is 17.2 Å². The van der Waals surface area contributed by atoms with Crippen LogP contribution in [-0.4, -0.2) is 48.0 Å². The van der Waals surface area contributed by atoms with Gasteiger partial charge < -0.3 is 15.4 Å². The van der Waals surface area contributed by atoms with Gasteiger partial charge in [-0.25, -0.2) is 24.1 Å². The number of nitriles is 1. The Balaban J connectivity index is 1.47. The summed E-state index contributed by atoms with van der Waals surface area (Å²) in [5, 5.41) is 19.6. The van der Waals surface area contributed by atoms with Gasteiger partial charge in [-0.1, -0.05) is 0 Å². The standard InChI is InChI=1S/C21H21N9O3/c1-28-16-11-23-18(26-17-5-6-19-24-10-14(9-22)30(19)27-17)8-15(16)29(21(28)32)13-4-3-12(7-13)25-20(31)33-2/h5-6,8,10-13H,3-4,7H2,1-2H3,(H,25,31)(H,23,26,27)/t12-,13-/m1/s1. The van der Waals surface area contributed by atoms with E-state index in [0.717, 1.165) is 18.4 Å². The van der Waals surface area contributed by atoms with E-state index < -0.39 is 6.09 Å². The van der Waals surface area contributed by atoms with Gasteiger partial charge in [-0.3, -0.25) is 9.13 Å². The summed E-state index contributed by atoms with van der Waals surface area (Å²) in [6, 6.07) is 7.24. The van der Waals surface area contributed by atoms with E-state index in [2.05, 4.69) is 31.8 Å². The number of fused-ring (bicyclic) bond motifs is 2.